The van der Waals surface area contributed by atoms with Gasteiger partial charge in [-0.1, -0.05) is 196 Å². The van der Waals surface area contributed by atoms with Gasteiger partial charge in [-0.2, -0.15) is 0 Å². The van der Waals surface area contributed by atoms with Gasteiger partial charge in [0.1, 0.15) is 6.17 Å². The first-order valence-corrected chi connectivity index (χ1v) is 20.0. The zero-order chi connectivity index (χ0) is 39.1. The molecule has 3 atom stereocenters. The quantitative estimate of drug-likeness (QED) is 0.124. The summed E-state index contributed by atoms with van der Waals surface area (Å²) in [7, 11) is 0. The number of aliphatic imine (C=N–C) groups is 1. The van der Waals surface area contributed by atoms with Crippen molar-refractivity contribution >= 4 is 17.0 Å². The maximum Gasteiger partial charge on any atom is 0.145 e. The molecule has 57 heavy (non-hydrogen) atoms. The minimum absolute atomic E-state index is 0.300. The summed E-state index contributed by atoms with van der Waals surface area (Å²) in [5.41, 5.74) is 17.3. The molecule has 278 valence electrons. The lowest BCUT2D eigenvalue weighted by molar-refractivity contribution is 0.660. The molecule has 2 heteroatoms. The predicted molar refractivity (Wildman–Crippen MR) is 244 cm³/mol. The van der Waals surface area contributed by atoms with Gasteiger partial charge in [-0.25, -0.2) is 0 Å². The number of allylic oxidation sites excluding steroid dienone is 9. The number of benzene rings is 6. The van der Waals surface area contributed by atoms with Crippen molar-refractivity contribution in [2.75, 3.05) is 0 Å². The maximum atomic E-state index is 5.37. The van der Waals surface area contributed by atoms with Crippen LogP contribution in [0.5, 0.6) is 0 Å². The van der Waals surface area contributed by atoms with Crippen LogP contribution < -0.4 is 5.32 Å². The Labute approximate surface area is 338 Å². The lowest BCUT2D eigenvalue weighted by Gasteiger charge is -2.35. The van der Waals surface area contributed by atoms with E-state index in [-0.39, 0.29) is 0 Å². The Morgan fingerprint density at radius 2 is 1.21 bits per heavy atom. The van der Waals surface area contributed by atoms with Crippen molar-refractivity contribution in [2.45, 2.75) is 32.4 Å². The largest absolute Gasteiger partial charge is 0.360 e. The average molecular weight is 737 g/mol. The molecule has 6 aromatic carbocycles. The van der Waals surface area contributed by atoms with Crippen molar-refractivity contribution in [3.8, 4) is 33.4 Å². The van der Waals surface area contributed by atoms with Crippen molar-refractivity contribution < 1.29 is 0 Å². The van der Waals surface area contributed by atoms with Crippen LogP contribution in [0.15, 0.2) is 218 Å². The summed E-state index contributed by atoms with van der Waals surface area (Å²) in [5, 5.41) is 3.72. The number of hydrogen-bond acceptors (Lipinski definition) is 2. The highest BCUT2D eigenvalue weighted by Crippen LogP contribution is 2.48. The first kappa shape index (κ1) is 37.2. The fourth-order valence-electron chi connectivity index (χ4n) is 8.31. The van der Waals surface area contributed by atoms with Gasteiger partial charge in [0, 0.05) is 17.5 Å². The smallest absolute Gasteiger partial charge is 0.145 e. The number of nitrogens with one attached hydrogen (secondary N) is 1. The van der Waals surface area contributed by atoms with E-state index < -0.39 is 6.17 Å². The third-order valence-electron chi connectivity index (χ3n) is 11.2. The van der Waals surface area contributed by atoms with E-state index in [1.807, 2.05) is 18.2 Å². The molecule has 0 fully saturated rings. The molecular formula is C55H48N2. The van der Waals surface area contributed by atoms with E-state index in [2.05, 4.69) is 208 Å². The molecule has 0 saturated heterocycles. The molecule has 1 N–H and O–H groups in total. The Kier molecular flexibility index (Phi) is 11.0. The molecule has 0 aromatic heterocycles. The molecular weight excluding hydrogens is 689 g/mol. The Balaban J connectivity index is 1.16. The normalized spacial score (nSPS) is 16.6. The molecule has 0 radical (unpaired) electrons. The molecule has 0 bridgehead atoms. The monoisotopic (exact) mass is 736 g/mol. The van der Waals surface area contributed by atoms with E-state index in [1.165, 1.54) is 39.0 Å². The van der Waals surface area contributed by atoms with E-state index in [0.29, 0.717) is 11.8 Å². The zero-order valence-corrected chi connectivity index (χ0v) is 32.8. The van der Waals surface area contributed by atoms with Gasteiger partial charge in [-0.15, -0.1) is 0 Å². The summed E-state index contributed by atoms with van der Waals surface area (Å²) >= 11 is 0. The molecule has 0 saturated carbocycles. The summed E-state index contributed by atoms with van der Waals surface area (Å²) < 4.78 is 0. The highest BCUT2D eigenvalue weighted by Gasteiger charge is 2.32. The molecule has 8 rings (SSSR count). The Bertz CT molecular complexity index is 2550. The Hall–Kier alpha value is -6.77. The van der Waals surface area contributed by atoms with Crippen LogP contribution in [0.1, 0.15) is 60.2 Å². The fourth-order valence-corrected chi connectivity index (χ4v) is 8.31. The van der Waals surface area contributed by atoms with Gasteiger partial charge >= 0.3 is 0 Å². The van der Waals surface area contributed by atoms with Gasteiger partial charge in [0.2, 0.25) is 0 Å². The summed E-state index contributed by atoms with van der Waals surface area (Å²) in [6.07, 6.45) is 16.0. The SMILES string of the molecule is C=CC(=NC(NC(=C)c1ccc(-c2ccccc2)cc1)c1cccc(-c2ccc3c(c2)[C@H]2C=CC=CC2C(/C=C\C)=C3CC)c1)c1ccc(-c2ccccc2)cc1. The first-order valence-electron chi connectivity index (χ1n) is 20.0. The van der Waals surface area contributed by atoms with Crippen LogP contribution in [0.2, 0.25) is 0 Å². The van der Waals surface area contributed by atoms with Crippen LogP contribution in [-0.4, -0.2) is 5.71 Å². The maximum absolute atomic E-state index is 5.37. The van der Waals surface area contributed by atoms with Gasteiger partial charge in [0.25, 0.3) is 0 Å². The predicted octanol–water partition coefficient (Wildman–Crippen LogP) is 14.2. The van der Waals surface area contributed by atoms with Gasteiger partial charge in [0.15, 0.2) is 0 Å². The van der Waals surface area contributed by atoms with Crippen molar-refractivity contribution in [3.63, 3.8) is 0 Å². The topological polar surface area (TPSA) is 24.4 Å². The molecule has 0 heterocycles. The summed E-state index contributed by atoms with van der Waals surface area (Å²) in [6.45, 7) is 13.1. The third-order valence-corrected chi connectivity index (χ3v) is 11.2. The second-order valence-corrected chi connectivity index (χ2v) is 14.7. The number of hydrogen-bond donors (Lipinski definition) is 1. The number of rotatable bonds is 12. The van der Waals surface area contributed by atoms with Crippen LogP contribution in [0.25, 0.3) is 44.7 Å². The van der Waals surface area contributed by atoms with Crippen molar-refractivity contribution in [3.05, 3.63) is 241 Å². The van der Waals surface area contributed by atoms with E-state index in [4.69, 9.17) is 4.99 Å². The minimum Gasteiger partial charge on any atom is -0.360 e. The summed E-state index contributed by atoms with van der Waals surface area (Å²) in [6, 6.07) is 53.8. The highest BCUT2D eigenvalue weighted by molar-refractivity contribution is 6.08. The Morgan fingerprint density at radius 1 is 0.649 bits per heavy atom. The van der Waals surface area contributed by atoms with Crippen molar-refractivity contribution in [1.29, 1.82) is 0 Å². The lowest BCUT2D eigenvalue weighted by atomic mass is 9.69. The second kappa shape index (κ2) is 16.9. The molecule has 0 spiro atoms. The third kappa shape index (κ3) is 7.86. The molecule has 2 aliphatic rings. The van der Waals surface area contributed by atoms with Gasteiger partial charge in [-0.3, -0.25) is 4.99 Å². The zero-order valence-electron chi connectivity index (χ0n) is 32.8. The van der Waals surface area contributed by atoms with Crippen molar-refractivity contribution in [1.82, 2.24) is 5.32 Å². The first-order chi connectivity index (χ1) is 28.0. The Morgan fingerprint density at radius 3 is 1.82 bits per heavy atom. The van der Waals surface area contributed by atoms with Crippen LogP contribution >= 0.6 is 0 Å². The molecule has 2 unspecified atom stereocenters. The molecule has 0 amide bonds. The van der Waals surface area contributed by atoms with Gasteiger partial charge in [-0.05, 0) is 104 Å². The number of nitrogens with zero attached hydrogens (tertiary/aromatic N) is 1. The summed E-state index contributed by atoms with van der Waals surface area (Å²) in [4.78, 5) is 5.37. The molecule has 0 aliphatic heterocycles. The van der Waals surface area contributed by atoms with Crippen LogP contribution in [0.3, 0.4) is 0 Å². The molecule has 2 aliphatic carbocycles. The van der Waals surface area contributed by atoms with E-state index in [1.54, 1.807) is 0 Å². The average Bonchev–Trinajstić information content (AvgIpc) is 3.28. The van der Waals surface area contributed by atoms with Crippen molar-refractivity contribution in [2.24, 2.45) is 10.9 Å². The van der Waals surface area contributed by atoms with E-state index in [9.17, 15) is 0 Å². The van der Waals surface area contributed by atoms with Crippen LogP contribution in [0.4, 0.5) is 0 Å². The summed E-state index contributed by atoms with van der Waals surface area (Å²) in [5.74, 6) is 0.638. The second-order valence-electron chi connectivity index (χ2n) is 14.7. The minimum atomic E-state index is -0.431. The molecule has 6 aromatic rings. The fraction of sp³-hybridized carbons (Fsp3) is 0.109. The van der Waals surface area contributed by atoms with E-state index in [0.717, 1.165) is 51.2 Å². The standard InChI is InChI=1S/C55H48N2/c1-5-17-49-48(6-2)52-35-34-46(37-53(52)51-25-15-14-24-50(49)51)45-22-16-23-47(36-45)55(56-38(4)39-26-28-42(29-27-39)40-18-10-8-11-19-40)57-54(7-3)44-32-30-43(31-33-44)41-20-12-9-13-21-41/h5,7-37,50-51,55-56H,3-4,6H2,1-2H3/b17-5-,57-54?/t50?,51-,55?/m0/s1. The molecule has 2 nitrogen and oxygen atoms in total. The van der Waals surface area contributed by atoms with Crippen LogP contribution in [-0.2, 0) is 0 Å². The van der Waals surface area contributed by atoms with Gasteiger partial charge < -0.3 is 5.32 Å². The number of fused-ring (bicyclic) bond motifs is 3. The highest BCUT2D eigenvalue weighted by atomic mass is 15.1. The lowest BCUT2D eigenvalue weighted by Crippen LogP contribution is -2.20. The van der Waals surface area contributed by atoms with E-state index >= 15 is 0 Å². The van der Waals surface area contributed by atoms with Crippen LogP contribution in [0, 0.1) is 5.92 Å². The van der Waals surface area contributed by atoms with Gasteiger partial charge in [0.05, 0.1) is 5.71 Å².